The SMILES string of the molecule is CCCCOCCNc1nc2c(N)cccc2o1. The van der Waals surface area contributed by atoms with Crippen LogP contribution in [0.4, 0.5) is 11.7 Å². The van der Waals surface area contributed by atoms with Gasteiger partial charge in [0.1, 0.15) is 5.52 Å². The van der Waals surface area contributed by atoms with Crippen molar-refractivity contribution in [1.82, 2.24) is 4.98 Å². The van der Waals surface area contributed by atoms with E-state index in [0.717, 1.165) is 19.4 Å². The molecule has 5 heteroatoms. The van der Waals surface area contributed by atoms with E-state index in [2.05, 4.69) is 17.2 Å². The Morgan fingerprint density at radius 3 is 3.06 bits per heavy atom. The van der Waals surface area contributed by atoms with Gasteiger partial charge in [-0.25, -0.2) is 0 Å². The number of hydrogen-bond acceptors (Lipinski definition) is 5. The average Bonchev–Trinajstić information content (AvgIpc) is 2.78. The van der Waals surface area contributed by atoms with E-state index < -0.39 is 0 Å². The Kier molecular flexibility index (Phi) is 4.41. The van der Waals surface area contributed by atoms with Gasteiger partial charge in [-0.15, -0.1) is 0 Å². The van der Waals surface area contributed by atoms with Gasteiger partial charge in [0.15, 0.2) is 5.58 Å². The topological polar surface area (TPSA) is 73.3 Å². The van der Waals surface area contributed by atoms with Crippen LogP contribution in [-0.4, -0.2) is 24.7 Å². The summed E-state index contributed by atoms with van der Waals surface area (Å²) < 4.78 is 11.0. The number of nitrogens with two attached hydrogens (primary N) is 1. The molecule has 3 N–H and O–H groups in total. The zero-order valence-corrected chi connectivity index (χ0v) is 10.6. The number of benzene rings is 1. The molecule has 0 aliphatic heterocycles. The fourth-order valence-corrected chi connectivity index (χ4v) is 1.62. The van der Waals surface area contributed by atoms with E-state index in [1.807, 2.05) is 18.2 Å². The second kappa shape index (κ2) is 6.26. The van der Waals surface area contributed by atoms with Crippen LogP contribution in [0.3, 0.4) is 0 Å². The first-order valence-electron chi connectivity index (χ1n) is 6.28. The highest BCUT2D eigenvalue weighted by Crippen LogP contribution is 2.23. The van der Waals surface area contributed by atoms with Crippen molar-refractivity contribution in [2.24, 2.45) is 0 Å². The average molecular weight is 249 g/mol. The molecule has 0 amide bonds. The number of hydrogen-bond donors (Lipinski definition) is 2. The minimum Gasteiger partial charge on any atom is -0.423 e. The monoisotopic (exact) mass is 249 g/mol. The zero-order chi connectivity index (χ0) is 12.8. The number of nitrogens with one attached hydrogen (secondary N) is 1. The van der Waals surface area contributed by atoms with Crippen LogP contribution in [-0.2, 0) is 4.74 Å². The molecule has 0 aliphatic rings. The molecule has 0 unspecified atom stereocenters. The number of fused-ring (bicyclic) bond motifs is 1. The van der Waals surface area contributed by atoms with Gasteiger partial charge in [-0.3, -0.25) is 0 Å². The maximum absolute atomic E-state index is 5.80. The number of para-hydroxylation sites is 1. The van der Waals surface area contributed by atoms with Gasteiger partial charge < -0.3 is 20.2 Å². The second-order valence-electron chi connectivity index (χ2n) is 4.11. The molecule has 5 nitrogen and oxygen atoms in total. The Balaban J connectivity index is 1.83. The van der Waals surface area contributed by atoms with Crippen molar-refractivity contribution in [2.45, 2.75) is 19.8 Å². The largest absolute Gasteiger partial charge is 0.423 e. The van der Waals surface area contributed by atoms with Crippen LogP contribution in [0, 0.1) is 0 Å². The third-order valence-electron chi connectivity index (χ3n) is 2.62. The molecule has 1 aromatic carbocycles. The van der Waals surface area contributed by atoms with Crippen molar-refractivity contribution in [3.05, 3.63) is 18.2 Å². The zero-order valence-electron chi connectivity index (χ0n) is 10.6. The number of rotatable bonds is 7. The van der Waals surface area contributed by atoms with Crippen LogP contribution < -0.4 is 11.1 Å². The number of nitrogen functional groups attached to an aromatic ring is 1. The summed E-state index contributed by atoms with van der Waals surface area (Å²) in [5, 5.41) is 3.08. The van der Waals surface area contributed by atoms with E-state index >= 15 is 0 Å². The van der Waals surface area contributed by atoms with Crippen LogP contribution in [0.2, 0.25) is 0 Å². The third-order valence-corrected chi connectivity index (χ3v) is 2.62. The Bertz CT molecular complexity index is 496. The predicted octanol–water partition coefficient (Wildman–Crippen LogP) is 2.64. The molecule has 0 spiro atoms. The van der Waals surface area contributed by atoms with E-state index in [1.165, 1.54) is 0 Å². The van der Waals surface area contributed by atoms with Gasteiger partial charge in [0, 0.05) is 13.2 Å². The predicted molar refractivity (Wildman–Crippen MR) is 72.6 cm³/mol. The Morgan fingerprint density at radius 2 is 2.28 bits per heavy atom. The van der Waals surface area contributed by atoms with Crippen LogP contribution in [0.5, 0.6) is 0 Å². The van der Waals surface area contributed by atoms with Crippen molar-refractivity contribution in [2.75, 3.05) is 30.8 Å². The van der Waals surface area contributed by atoms with Crippen molar-refractivity contribution in [3.63, 3.8) is 0 Å². The first-order chi connectivity index (χ1) is 8.81. The summed E-state index contributed by atoms with van der Waals surface area (Å²) in [5.74, 6) is 0. The van der Waals surface area contributed by atoms with Gasteiger partial charge in [-0.1, -0.05) is 19.4 Å². The molecule has 0 saturated heterocycles. The number of oxazole rings is 1. The minimum absolute atomic E-state index is 0.488. The maximum atomic E-state index is 5.80. The summed E-state index contributed by atoms with van der Waals surface area (Å²) in [6.07, 6.45) is 2.25. The quantitative estimate of drug-likeness (QED) is 0.583. The summed E-state index contributed by atoms with van der Waals surface area (Å²) in [6.45, 7) is 4.27. The second-order valence-corrected chi connectivity index (χ2v) is 4.11. The summed E-state index contributed by atoms with van der Waals surface area (Å²) in [7, 11) is 0. The van der Waals surface area contributed by atoms with Gasteiger partial charge in [-0.2, -0.15) is 4.98 Å². The van der Waals surface area contributed by atoms with E-state index in [9.17, 15) is 0 Å². The summed E-state index contributed by atoms with van der Waals surface area (Å²) >= 11 is 0. The van der Waals surface area contributed by atoms with Gasteiger partial charge >= 0.3 is 0 Å². The van der Waals surface area contributed by atoms with Gasteiger partial charge in [0.2, 0.25) is 0 Å². The van der Waals surface area contributed by atoms with Gasteiger partial charge in [0.05, 0.1) is 12.3 Å². The van der Waals surface area contributed by atoms with Gasteiger partial charge in [0.25, 0.3) is 6.01 Å². The van der Waals surface area contributed by atoms with Crippen LogP contribution in [0.25, 0.3) is 11.1 Å². The molecular formula is C13H19N3O2. The summed E-state index contributed by atoms with van der Waals surface area (Å²) in [5.41, 5.74) is 7.83. The normalized spacial score (nSPS) is 10.9. The number of ether oxygens (including phenoxy) is 1. The van der Waals surface area contributed by atoms with E-state index in [-0.39, 0.29) is 0 Å². The number of unbranched alkanes of at least 4 members (excludes halogenated alkanes) is 1. The van der Waals surface area contributed by atoms with Crippen molar-refractivity contribution < 1.29 is 9.15 Å². The maximum Gasteiger partial charge on any atom is 0.295 e. The lowest BCUT2D eigenvalue weighted by atomic mass is 10.3. The fraction of sp³-hybridized carbons (Fsp3) is 0.462. The number of anilines is 2. The highest BCUT2D eigenvalue weighted by atomic mass is 16.5. The highest BCUT2D eigenvalue weighted by molar-refractivity contribution is 5.86. The number of nitrogens with zero attached hydrogens (tertiary/aromatic N) is 1. The van der Waals surface area contributed by atoms with Crippen LogP contribution >= 0.6 is 0 Å². The molecule has 2 aromatic rings. The molecule has 0 bridgehead atoms. The molecule has 18 heavy (non-hydrogen) atoms. The molecule has 2 rings (SSSR count). The Morgan fingerprint density at radius 1 is 1.39 bits per heavy atom. The standard InChI is InChI=1S/C13H19N3O2/c1-2-3-8-17-9-7-15-13-16-12-10(14)5-4-6-11(12)18-13/h4-6H,2-3,7-9,14H2,1H3,(H,15,16). The molecule has 0 radical (unpaired) electrons. The molecule has 1 aromatic heterocycles. The minimum atomic E-state index is 0.488. The molecule has 0 saturated carbocycles. The third kappa shape index (κ3) is 3.13. The fourth-order valence-electron chi connectivity index (χ4n) is 1.62. The van der Waals surface area contributed by atoms with Crippen LogP contribution in [0.1, 0.15) is 19.8 Å². The molecular weight excluding hydrogens is 230 g/mol. The van der Waals surface area contributed by atoms with Gasteiger partial charge in [-0.05, 0) is 18.6 Å². The van der Waals surface area contributed by atoms with Crippen molar-refractivity contribution >= 4 is 22.8 Å². The lowest BCUT2D eigenvalue weighted by Crippen LogP contribution is -2.10. The summed E-state index contributed by atoms with van der Waals surface area (Å²) in [4.78, 5) is 4.29. The summed E-state index contributed by atoms with van der Waals surface area (Å²) in [6, 6.07) is 5.99. The lowest BCUT2D eigenvalue weighted by Gasteiger charge is -2.03. The molecule has 0 fully saturated rings. The van der Waals surface area contributed by atoms with E-state index in [0.29, 0.717) is 36.0 Å². The van der Waals surface area contributed by atoms with Crippen LogP contribution in [0.15, 0.2) is 22.6 Å². The Hall–Kier alpha value is -1.75. The Labute approximate surface area is 106 Å². The number of aromatic nitrogens is 1. The first kappa shape index (κ1) is 12.7. The van der Waals surface area contributed by atoms with Crippen molar-refractivity contribution in [3.8, 4) is 0 Å². The first-order valence-corrected chi connectivity index (χ1v) is 6.28. The lowest BCUT2D eigenvalue weighted by molar-refractivity contribution is 0.140. The smallest absolute Gasteiger partial charge is 0.295 e. The van der Waals surface area contributed by atoms with E-state index in [1.54, 1.807) is 0 Å². The van der Waals surface area contributed by atoms with Crippen molar-refractivity contribution in [1.29, 1.82) is 0 Å². The molecule has 1 heterocycles. The highest BCUT2D eigenvalue weighted by Gasteiger charge is 2.06. The van der Waals surface area contributed by atoms with E-state index in [4.69, 9.17) is 14.9 Å². The molecule has 98 valence electrons. The molecule has 0 aliphatic carbocycles. The molecule has 0 atom stereocenters.